The quantitative estimate of drug-likeness (QED) is 0.559. The topological polar surface area (TPSA) is 112 Å². The van der Waals surface area contributed by atoms with Crippen LogP contribution in [0.5, 0.6) is 0 Å². The smallest absolute Gasteiger partial charge is 0.329 e. The Morgan fingerprint density at radius 2 is 2.37 bits per heavy atom. The fraction of sp³-hybridized carbons (Fsp3) is 0.500. The Balaban J connectivity index is 2.15. The first-order valence-corrected chi connectivity index (χ1v) is 6.14. The highest BCUT2D eigenvalue weighted by Gasteiger charge is 2.39. The molecule has 0 radical (unpaired) electrons. The molecule has 1 saturated heterocycles. The lowest BCUT2D eigenvalue weighted by Crippen LogP contribution is -2.42. The van der Waals surface area contributed by atoms with E-state index in [-0.39, 0.29) is 6.17 Å². The lowest BCUT2D eigenvalue weighted by Gasteiger charge is -2.23. The molecule has 1 aliphatic heterocycles. The fourth-order valence-electron chi connectivity index (χ4n) is 2.24. The van der Waals surface area contributed by atoms with Crippen LogP contribution in [0.2, 0.25) is 0 Å². The number of nitrogens with two attached hydrogens (primary N) is 1. The van der Waals surface area contributed by atoms with Gasteiger partial charge in [0.05, 0.1) is 24.2 Å². The number of carboxylic acids is 1. The Labute approximate surface area is 111 Å². The third-order valence-electron chi connectivity index (χ3n) is 3.06. The molecule has 5 N–H and O–H groups in total. The molecule has 104 valence electrons. The molecule has 0 aromatic carbocycles. The SMILES string of the molecule is CC(N)Nc1ccc(N2CCC(O)C2C(=O)O)nc1. The van der Waals surface area contributed by atoms with Gasteiger partial charge in [0.1, 0.15) is 5.82 Å². The number of anilines is 2. The van der Waals surface area contributed by atoms with Crippen molar-refractivity contribution in [2.75, 3.05) is 16.8 Å². The molecule has 0 spiro atoms. The maximum absolute atomic E-state index is 11.1. The Morgan fingerprint density at radius 3 is 2.89 bits per heavy atom. The van der Waals surface area contributed by atoms with Crippen molar-refractivity contribution in [2.24, 2.45) is 5.73 Å². The van der Waals surface area contributed by atoms with Crippen LogP contribution in [0.3, 0.4) is 0 Å². The van der Waals surface area contributed by atoms with Crippen molar-refractivity contribution in [3.05, 3.63) is 18.3 Å². The van der Waals surface area contributed by atoms with Gasteiger partial charge in [-0.1, -0.05) is 0 Å². The predicted molar refractivity (Wildman–Crippen MR) is 70.9 cm³/mol. The maximum Gasteiger partial charge on any atom is 0.329 e. The van der Waals surface area contributed by atoms with Gasteiger partial charge in [0.25, 0.3) is 0 Å². The first kappa shape index (κ1) is 13.6. The summed E-state index contributed by atoms with van der Waals surface area (Å²) in [4.78, 5) is 17.0. The molecular weight excluding hydrogens is 248 g/mol. The van der Waals surface area contributed by atoms with E-state index in [1.165, 1.54) is 0 Å². The zero-order valence-corrected chi connectivity index (χ0v) is 10.7. The summed E-state index contributed by atoms with van der Waals surface area (Å²) >= 11 is 0. The Kier molecular flexibility index (Phi) is 3.87. The number of nitrogens with zero attached hydrogens (tertiary/aromatic N) is 2. The number of nitrogens with one attached hydrogen (secondary N) is 1. The second kappa shape index (κ2) is 5.41. The van der Waals surface area contributed by atoms with Crippen LogP contribution in [0.15, 0.2) is 18.3 Å². The van der Waals surface area contributed by atoms with Crippen molar-refractivity contribution in [2.45, 2.75) is 31.7 Å². The van der Waals surface area contributed by atoms with Gasteiger partial charge in [-0.05, 0) is 25.5 Å². The van der Waals surface area contributed by atoms with Crippen LogP contribution in [0.1, 0.15) is 13.3 Å². The molecule has 0 aliphatic carbocycles. The van der Waals surface area contributed by atoms with E-state index in [1.807, 2.05) is 6.92 Å². The summed E-state index contributed by atoms with van der Waals surface area (Å²) in [5.41, 5.74) is 6.37. The monoisotopic (exact) mass is 266 g/mol. The molecule has 0 bridgehead atoms. The molecule has 1 aromatic heterocycles. The van der Waals surface area contributed by atoms with Gasteiger partial charge in [0.15, 0.2) is 6.04 Å². The van der Waals surface area contributed by atoms with Crippen LogP contribution >= 0.6 is 0 Å². The number of aliphatic hydroxyl groups is 1. The lowest BCUT2D eigenvalue weighted by atomic mass is 10.2. The lowest BCUT2D eigenvalue weighted by molar-refractivity contribution is -0.140. The number of hydrogen-bond acceptors (Lipinski definition) is 6. The summed E-state index contributed by atoms with van der Waals surface area (Å²) in [5, 5.41) is 21.8. The van der Waals surface area contributed by atoms with E-state index in [2.05, 4.69) is 10.3 Å². The van der Waals surface area contributed by atoms with Crippen molar-refractivity contribution in [3.63, 3.8) is 0 Å². The minimum absolute atomic E-state index is 0.187. The van der Waals surface area contributed by atoms with E-state index in [9.17, 15) is 9.90 Å². The van der Waals surface area contributed by atoms with Gasteiger partial charge in [-0.25, -0.2) is 9.78 Å². The average Bonchev–Trinajstić information content (AvgIpc) is 2.71. The van der Waals surface area contributed by atoms with E-state index >= 15 is 0 Å². The predicted octanol–water partition coefficient (Wildman–Crippen LogP) is -0.178. The number of rotatable bonds is 4. The number of aliphatic carboxylic acids is 1. The van der Waals surface area contributed by atoms with Crippen LogP contribution in [0, 0.1) is 0 Å². The van der Waals surface area contributed by atoms with Gasteiger partial charge >= 0.3 is 5.97 Å². The molecule has 3 unspecified atom stereocenters. The van der Waals surface area contributed by atoms with Crippen LogP contribution in [0.25, 0.3) is 0 Å². The van der Waals surface area contributed by atoms with Gasteiger partial charge in [-0.2, -0.15) is 0 Å². The number of carbonyl (C=O) groups is 1. The molecule has 1 fully saturated rings. The standard InChI is InChI=1S/C12H18N4O3/c1-7(13)15-8-2-3-10(14-6-8)16-5-4-9(17)11(16)12(18)19/h2-3,6-7,9,11,15,17H,4-5,13H2,1H3,(H,18,19). The fourth-order valence-corrected chi connectivity index (χ4v) is 2.24. The van der Waals surface area contributed by atoms with E-state index < -0.39 is 18.1 Å². The number of aliphatic hydroxyl groups excluding tert-OH is 1. The van der Waals surface area contributed by atoms with Crippen molar-refractivity contribution < 1.29 is 15.0 Å². The third kappa shape index (κ3) is 2.94. The number of aromatic nitrogens is 1. The van der Waals surface area contributed by atoms with E-state index in [0.717, 1.165) is 5.69 Å². The third-order valence-corrected chi connectivity index (χ3v) is 3.06. The highest BCUT2D eigenvalue weighted by molar-refractivity contribution is 5.79. The summed E-state index contributed by atoms with van der Waals surface area (Å²) < 4.78 is 0. The number of hydrogen-bond donors (Lipinski definition) is 4. The highest BCUT2D eigenvalue weighted by Crippen LogP contribution is 2.25. The van der Waals surface area contributed by atoms with Crippen LogP contribution < -0.4 is 16.0 Å². The maximum atomic E-state index is 11.1. The Bertz CT molecular complexity index is 449. The largest absolute Gasteiger partial charge is 0.480 e. The molecule has 2 rings (SSSR count). The summed E-state index contributed by atoms with van der Waals surface area (Å²) in [6.45, 7) is 2.29. The molecule has 19 heavy (non-hydrogen) atoms. The molecular formula is C12H18N4O3. The minimum atomic E-state index is -1.04. The normalized spacial score (nSPS) is 24.3. The number of carboxylic acid groups (broad SMARTS) is 1. The van der Waals surface area contributed by atoms with Crippen LogP contribution in [0.4, 0.5) is 11.5 Å². The molecule has 0 saturated carbocycles. The average molecular weight is 266 g/mol. The molecule has 1 aromatic rings. The molecule has 7 heteroatoms. The van der Waals surface area contributed by atoms with E-state index in [0.29, 0.717) is 18.8 Å². The Morgan fingerprint density at radius 1 is 1.63 bits per heavy atom. The first-order valence-electron chi connectivity index (χ1n) is 6.14. The van der Waals surface area contributed by atoms with Gasteiger partial charge in [-0.3, -0.25) is 0 Å². The van der Waals surface area contributed by atoms with Crippen molar-refractivity contribution in [1.82, 2.24) is 4.98 Å². The highest BCUT2D eigenvalue weighted by atomic mass is 16.4. The summed E-state index contributed by atoms with van der Waals surface area (Å²) in [6, 6.07) is 2.58. The molecule has 7 nitrogen and oxygen atoms in total. The molecule has 1 aliphatic rings. The van der Waals surface area contributed by atoms with Gasteiger partial charge in [0.2, 0.25) is 0 Å². The zero-order chi connectivity index (χ0) is 14.0. The summed E-state index contributed by atoms with van der Waals surface area (Å²) in [6.07, 6.45) is 0.982. The van der Waals surface area contributed by atoms with Crippen LogP contribution in [-0.4, -0.2) is 46.0 Å². The second-order valence-electron chi connectivity index (χ2n) is 4.67. The minimum Gasteiger partial charge on any atom is -0.480 e. The van der Waals surface area contributed by atoms with Crippen molar-refractivity contribution in [3.8, 4) is 0 Å². The van der Waals surface area contributed by atoms with Gasteiger partial charge < -0.3 is 26.2 Å². The molecule has 2 heterocycles. The number of pyridine rings is 1. The van der Waals surface area contributed by atoms with Gasteiger partial charge in [-0.15, -0.1) is 0 Å². The van der Waals surface area contributed by atoms with Gasteiger partial charge in [0, 0.05) is 6.54 Å². The summed E-state index contributed by atoms with van der Waals surface area (Å²) in [7, 11) is 0. The van der Waals surface area contributed by atoms with Crippen LogP contribution in [-0.2, 0) is 4.79 Å². The summed E-state index contributed by atoms with van der Waals surface area (Å²) in [5.74, 6) is -0.497. The second-order valence-corrected chi connectivity index (χ2v) is 4.67. The zero-order valence-electron chi connectivity index (χ0n) is 10.7. The van der Waals surface area contributed by atoms with E-state index in [4.69, 9.17) is 10.8 Å². The molecule has 3 atom stereocenters. The van der Waals surface area contributed by atoms with Crippen molar-refractivity contribution in [1.29, 1.82) is 0 Å². The Hall–Kier alpha value is -1.86. The molecule has 0 amide bonds. The van der Waals surface area contributed by atoms with Crippen molar-refractivity contribution >= 4 is 17.5 Å². The first-order chi connectivity index (χ1) is 8.99. The van der Waals surface area contributed by atoms with E-state index in [1.54, 1.807) is 23.2 Å².